The number of nitrogens with one attached hydrogen (secondary N) is 1. The van der Waals surface area contributed by atoms with Crippen LogP contribution >= 0.6 is 0 Å². The molecule has 17 heavy (non-hydrogen) atoms. The lowest BCUT2D eigenvalue weighted by molar-refractivity contribution is 0.789. The predicted octanol–water partition coefficient (Wildman–Crippen LogP) is 3.11. The molecule has 1 unspecified atom stereocenters. The topological polar surface area (TPSA) is 38.0 Å². The molecule has 2 nitrogen and oxygen atoms in total. The number of para-hydroxylation sites is 1. The van der Waals surface area contributed by atoms with Gasteiger partial charge < -0.3 is 11.1 Å². The van der Waals surface area contributed by atoms with Crippen LogP contribution in [0.3, 0.4) is 0 Å². The Morgan fingerprint density at radius 1 is 1.00 bits per heavy atom. The molecule has 0 fully saturated rings. The summed E-state index contributed by atoms with van der Waals surface area (Å²) >= 11 is 0. The molecular formula is C15H18N2. The molecule has 0 aliphatic rings. The molecule has 0 aromatic heterocycles. The van der Waals surface area contributed by atoms with Gasteiger partial charge in [-0.3, -0.25) is 0 Å². The van der Waals surface area contributed by atoms with E-state index in [1.807, 2.05) is 30.3 Å². The van der Waals surface area contributed by atoms with Gasteiger partial charge in [0.1, 0.15) is 0 Å². The zero-order valence-corrected chi connectivity index (χ0v) is 10.1. The minimum Gasteiger partial charge on any atom is -0.377 e. The smallest absolute Gasteiger partial charge is 0.0636 e. The Morgan fingerprint density at radius 2 is 1.65 bits per heavy atom. The standard InChI is InChI=1S/C15H18N2/c1-12-7-5-6-10-14(12)17-15(11-16)13-8-3-2-4-9-13/h2-10,15,17H,11,16H2,1H3. The minimum atomic E-state index is 0.164. The number of hydrogen-bond donors (Lipinski definition) is 2. The molecule has 0 heterocycles. The molecule has 0 aliphatic heterocycles. The van der Waals surface area contributed by atoms with Crippen molar-refractivity contribution in [3.05, 3.63) is 65.7 Å². The fourth-order valence-electron chi connectivity index (χ4n) is 1.89. The summed E-state index contributed by atoms with van der Waals surface area (Å²) in [4.78, 5) is 0. The van der Waals surface area contributed by atoms with Crippen molar-refractivity contribution in [2.24, 2.45) is 5.73 Å². The highest BCUT2D eigenvalue weighted by Crippen LogP contribution is 2.21. The largest absolute Gasteiger partial charge is 0.377 e. The van der Waals surface area contributed by atoms with Crippen LogP contribution in [0.1, 0.15) is 17.2 Å². The van der Waals surface area contributed by atoms with Gasteiger partial charge in [0, 0.05) is 12.2 Å². The highest BCUT2D eigenvalue weighted by molar-refractivity contribution is 5.52. The Morgan fingerprint density at radius 3 is 2.29 bits per heavy atom. The predicted molar refractivity (Wildman–Crippen MR) is 73.0 cm³/mol. The summed E-state index contributed by atoms with van der Waals surface area (Å²) < 4.78 is 0. The van der Waals surface area contributed by atoms with E-state index >= 15 is 0 Å². The zero-order chi connectivity index (χ0) is 12.1. The van der Waals surface area contributed by atoms with Crippen molar-refractivity contribution < 1.29 is 0 Å². The van der Waals surface area contributed by atoms with Crippen molar-refractivity contribution in [2.45, 2.75) is 13.0 Å². The summed E-state index contributed by atoms with van der Waals surface area (Å²) in [5.74, 6) is 0. The van der Waals surface area contributed by atoms with Crippen molar-refractivity contribution >= 4 is 5.69 Å². The number of hydrogen-bond acceptors (Lipinski definition) is 2. The fraction of sp³-hybridized carbons (Fsp3) is 0.200. The van der Waals surface area contributed by atoms with Crippen LogP contribution < -0.4 is 11.1 Å². The lowest BCUT2D eigenvalue weighted by Gasteiger charge is -2.19. The van der Waals surface area contributed by atoms with Gasteiger partial charge in [-0.15, -0.1) is 0 Å². The number of benzene rings is 2. The molecule has 88 valence electrons. The third kappa shape index (κ3) is 2.86. The highest BCUT2D eigenvalue weighted by Gasteiger charge is 2.09. The Bertz CT molecular complexity index is 465. The third-order valence-corrected chi connectivity index (χ3v) is 2.91. The first kappa shape index (κ1) is 11.7. The second-order valence-electron chi connectivity index (χ2n) is 4.16. The van der Waals surface area contributed by atoms with Crippen LogP contribution in [0.5, 0.6) is 0 Å². The van der Waals surface area contributed by atoms with Crippen LogP contribution in [0.15, 0.2) is 54.6 Å². The lowest BCUT2D eigenvalue weighted by Crippen LogP contribution is -2.20. The first-order valence-electron chi connectivity index (χ1n) is 5.88. The van der Waals surface area contributed by atoms with Crippen molar-refractivity contribution in [3.8, 4) is 0 Å². The first-order chi connectivity index (χ1) is 8.31. The molecular weight excluding hydrogens is 208 g/mol. The molecule has 0 aliphatic carbocycles. The number of nitrogens with two attached hydrogens (primary N) is 1. The third-order valence-electron chi connectivity index (χ3n) is 2.91. The summed E-state index contributed by atoms with van der Waals surface area (Å²) in [6.07, 6.45) is 0. The Hall–Kier alpha value is -1.80. The van der Waals surface area contributed by atoms with E-state index in [2.05, 4.69) is 36.5 Å². The van der Waals surface area contributed by atoms with Crippen LogP contribution in [-0.4, -0.2) is 6.54 Å². The van der Waals surface area contributed by atoms with Crippen molar-refractivity contribution in [1.29, 1.82) is 0 Å². The molecule has 0 saturated heterocycles. The van der Waals surface area contributed by atoms with Gasteiger partial charge in [0.05, 0.1) is 6.04 Å². The minimum absolute atomic E-state index is 0.164. The molecule has 0 spiro atoms. The quantitative estimate of drug-likeness (QED) is 0.840. The van der Waals surface area contributed by atoms with Gasteiger partial charge in [-0.2, -0.15) is 0 Å². The summed E-state index contributed by atoms with van der Waals surface area (Å²) in [5, 5.41) is 3.49. The van der Waals surface area contributed by atoms with E-state index in [0.717, 1.165) is 5.69 Å². The molecule has 1 atom stereocenters. The molecule has 0 bridgehead atoms. The van der Waals surface area contributed by atoms with E-state index in [-0.39, 0.29) is 6.04 Å². The van der Waals surface area contributed by atoms with Crippen LogP contribution in [0.25, 0.3) is 0 Å². The zero-order valence-electron chi connectivity index (χ0n) is 10.1. The number of rotatable bonds is 4. The Kier molecular flexibility index (Phi) is 3.78. The van der Waals surface area contributed by atoms with Crippen LogP contribution in [0.4, 0.5) is 5.69 Å². The number of aryl methyl sites for hydroxylation is 1. The number of anilines is 1. The maximum Gasteiger partial charge on any atom is 0.0636 e. The fourth-order valence-corrected chi connectivity index (χ4v) is 1.89. The first-order valence-corrected chi connectivity index (χ1v) is 5.88. The maximum atomic E-state index is 5.84. The summed E-state index contributed by atoms with van der Waals surface area (Å²) in [7, 11) is 0. The average Bonchev–Trinajstić information content (AvgIpc) is 2.39. The monoisotopic (exact) mass is 226 g/mol. The van der Waals surface area contributed by atoms with Crippen molar-refractivity contribution in [2.75, 3.05) is 11.9 Å². The Balaban J connectivity index is 2.19. The highest BCUT2D eigenvalue weighted by atomic mass is 14.9. The Labute approximate surface area is 102 Å². The van der Waals surface area contributed by atoms with Gasteiger partial charge in [-0.05, 0) is 24.1 Å². The SMILES string of the molecule is Cc1ccccc1NC(CN)c1ccccc1. The normalized spacial score (nSPS) is 12.1. The van der Waals surface area contributed by atoms with E-state index in [1.54, 1.807) is 0 Å². The molecule has 3 N–H and O–H groups in total. The molecule has 0 saturated carbocycles. The van der Waals surface area contributed by atoms with Crippen molar-refractivity contribution in [3.63, 3.8) is 0 Å². The molecule has 2 aromatic rings. The van der Waals surface area contributed by atoms with Crippen LogP contribution in [-0.2, 0) is 0 Å². The second kappa shape index (κ2) is 5.51. The molecule has 0 radical (unpaired) electrons. The van der Waals surface area contributed by atoms with Gasteiger partial charge in [0.15, 0.2) is 0 Å². The molecule has 0 amide bonds. The lowest BCUT2D eigenvalue weighted by atomic mass is 10.1. The van der Waals surface area contributed by atoms with Gasteiger partial charge in [0.25, 0.3) is 0 Å². The summed E-state index contributed by atoms with van der Waals surface area (Å²) in [6, 6.07) is 18.7. The van der Waals surface area contributed by atoms with Gasteiger partial charge >= 0.3 is 0 Å². The van der Waals surface area contributed by atoms with Gasteiger partial charge in [0.2, 0.25) is 0 Å². The summed E-state index contributed by atoms with van der Waals surface area (Å²) in [6.45, 7) is 2.68. The van der Waals surface area contributed by atoms with E-state index in [1.165, 1.54) is 11.1 Å². The van der Waals surface area contributed by atoms with Crippen LogP contribution in [0.2, 0.25) is 0 Å². The van der Waals surface area contributed by atoms with Crippen LogP contribution in [0, 0.1) is 6.92 Å². The van der Waals surface area contributed by atoms with Gasteiger partial charge in [-0.25, -0.2) is 0 Å². The van der Waals surface area contributed by atoms with E-state index in [9.17, 15) is 0 Å². The average molecular weight is 226 g/mol. The second-order valence-corrected chi connectivity index (χ2v) is 4.16. The van der Waals surface area contributed by atoms with E-state index in [0.29, 0.717) is 6.54 Å². The van der Waals surface area contributed by atoms with Gasteiger partial charge in [-0.1, -0.05) is 48.5 Å². The molecule has 2 aromatic carbocycles. The summed E-state index contributed by atoms with van der Waals surface area (Å²) in [5.41, 5.74) is 9.44. The molecule has 2 rings (SSSR count). The van der Waals surface area contributed by atoms with Crippen molar-refractivity contribution in [1.82, 2.24) is 0 Å². The van der Waals surface area contributed by atoms with E-state index < -0.39 is 0 Å². The molecule has 2 heteroatoms. The van der Waals surface area contributed by atoms with E-state index in [4.69, 9.17) is 5.73 Å². The maximum absolute atomic E-state index is 5.84.